The smallest absolute Gasteiger partial charge is 0.00955 e. The Kier molecular flexibility index (Phi) is 7.18. The molecule has 0 saturated heterocycles. The van der Waals surface area contributed by atoms with Gasteiger partial charge in [0.15, 0.2) is 0 Å². The van der Waals surface area contributed by atoms with Crippen molar-refractivity contribution in [2.45, 2.75) is 78.7 Å². The zero-order chi connectivity index (χ0) is 12.7. The number of unbranched alkanes of at least 4 members (excludes halogenated alkanes) is 1. The zero-order valence-corrected chi connectivity index (χ0v) is 12.5. The molecule has 1 rings (SSSR count). The fourth-order valence-electron chi connectivity index (χ4n) is 3.60. The van der Waals surface area contributed by atoms with Crippen molar-refractivity contribution in [3.05, 3.63) is 0 Å². The lowest BCUT2D eigenvalue weighted by Crippen LogP contribution is -2.40. The van der Waals surface area contributed by atoms with Gasteiger partial charge in [-0.1, -0.05) is 40.5 Å². The highest BCUT2D eigenvalue weighted by Gasteiger charge is 2.29. The molecule has 0 amide bonds. The third-order valence-corrected chi connectivity index (χ3v) is 4.31. The van der Waals surface area contributed by atoms with Crippen molar-refractivity contribution >= 4 is 0 Å². The van der Waals surface area contributed by atoms with E-state index in [1.807, 2.05) is 0 Å². The number of hydrogen-bond acceptors (Lipinski definition) is 1. The van der Waals surface area contributed by atoms with E-state index in [2.05, 4.69) is 33.0 Å². The van der Waals surface area contributed by atoms with Gasteiger partial charge < -0.3 is 5.32 Å². The Morgan fingerprint density at radius 2 is 1.65 bits per heavy atom. The summed E-state index contributed by atoms with van der Waals surface area (Å²) in [6, 6.07) is 0.792. The minimum atomic E-state index is 0.792. The van der Waals surface area contributed by atoms with Crippen molar-refractivity contribution in [2.24, 2.45) is 17.8 Å². The van der Waals surface area contributed by atoms with Crippen LogP contribution in [0.4, 0.5) is 0 Å². The molecule has 17 heavy (non-hydrogen) atoms. The van der Waals surface area contributed by atoms with Crippen LogP contribution in [0.3, 0.4) is 0 Å². The minimum Gasteiger partial charge on any atom is -0.314 e. The molecule has 0 bridgehead atoms. The second-order valence-corrected chi connectivity index (χ2v) is 6.38. The zero-order valence-electron chi connectivity index (χ0n) is 12.5. The van der Waals surface area contributed by atoms with Crippen LogP contribution < -0.4 is 5.32 Å². The lowest BCUT2D eigenvalue weighted by atomic mass is 9.73. The molecule has 1 N–H and O–H groups in total. The van der Waals surface area contributed by atoms with Crippen molar-refractivity contribution in [3.63, 3.8) is 0 Å². The largest absolute Gasteiger partial charge is 0.314 e. The third-order valence-electron chi connectivity index (χ3n) is 4.31. The molecule has 1 heteroatoms. The molecule has 1 nitrogen and oxygen atoms in total. The Labute approximate surface area is 109 Å². The van der Waals surface area contributed by atoms with Gasteiger partial charge in [-0.3, -0.25) is 0 Å². The standard InChI is InChI=1S/C16H33N/c1-5-7-8-16(17-9-6-2)15-11-13(3)10-14(4)12-15/h13-17H,5-12H2,1-4H3. The molecule has 0 aromatic carbocycles. The van der Waals surface area contributed by atoms with Gasteiger partial charge >= 0.3 is 0 Å². The van der Waals surface area contributed by atoms with Crippen LogP contribution in [0.25, 0.3) is 0 Å². The molecule has 0 spiro atoms. The van der Waals surface area contributed by atoms with Gasteiger partial charge in [0.1, 0.15) is 0 Å². The quantitative estimate of drug-likeness (QED) is 0.683. The molecule has 0 radical (unpaired) electrons. The maximum atomic E-state index is 3.82. The maximum Gasteiger partial charge on any atom is 0.00955 e. The molecular formula is C16H33N. The molecule has 0 aromatic heterocycles. The predicted octanol–water partition coefficient (Wildman–Crippen LogP) is 4.62. The van der Waals surface area contributed by atoms with Gasteiger partial charge in [0.25, 0.3) is 0 Å². The summed E-state index contributed by atoms with van der Waals surface area (Å²) >= 11 is 0. The molecule has 1 saturated carbocycles. The van der Waals surface area contributed by atoms with Crippen LogP contribution in [0, 0.1) is 17.8 Å². The highest BCUT2D eigenvalue weighted by Crippen LogP contribution is 2.35. The van der Waals surface area contributed by atoms with Crippen molar-refractivity contribution < 1.29 is 0 Å². The summed E-state index contributed by atoms with van der Waals surface area (Å²) in [6.45, 7) is 10.7. The Balaban J connectivity index is 2.47. The summed E-state index contributed by atoms with van der Waals surface area (Å²) in [6.07, 6.45) is 9.74. The van der Waals surface area contributed by atoms with Crippen molar-refractivity contribution in [1.29, 1.82) is 0 Å². The molecule has 1 fully saturated rings. The molecule has 0 heterocycles. The van der Waals surface area contributed by atoms with Gasteiger partial charge in [0.05, 0.1) is 0 Å². The highest BCUT2D eigenvalue weighted by molar-refractivity contribution is 4.83. The molecule has 3 atom stereocenters. The lowest BCUT2D eigenvalue weighted by molar-refractivity contribution is 0.169. The average Bonchev–Trinajstić information content (AvgIpc) is 2.28. The third kappa shape index (κ3) is 5.42. The van der Waals surface area contributed by atoms with Crippen molar-refractivity contribution in [2.75, 3.05) is 6.54 Å². The normalized spacial score (nSPS) is 31.4. The van der Waals surface area contributed by atoms with E-state index in [1.165, 1.54) is 51.5 Å². The maximum absolute atomic E-state index is 3.82. The van der Waals surface area contributed by atoms with E-state index in [-0.39, 0.29) is 0 Å². The van der Waals surface area contributed by atoms with Crippen LogP contribution in [-0.2, 0) is 0 Å². The summed E-state index contributed by atoms with van der Waals surface area (Å²) < 4.78 is 0. The van der Waals surface area contributed by atoms with Crippen LogP contribution >= 0.6 is 0 Å². The highest BCUT2D eigenvalue weighted by atomic mass is 14.9. The number of rotatable bonds is 7. The molecule has 1 aliphatic rings. The van der Waals surface area contributed by atoms with Crippen molar-refractivity contribution in [3.8, 4) is 0 Å². The van der Waals surface area contributed by atoms with Crippen LogP contribution in [0.2, 0.25) is 0 Å². The molecule has 3 unspecified atom stereocenters. The van der Waals surface area contributed by atoms with E-state index >= 15 is 0 Å². The Morgan fingerprint density at radius 3 is 2.18 bits per heavy atom. The van der Waals surface area contributed by atoms with Gasteiger partial charge in [0.2, 0.25) is 0 Å². The molecule has 1 aliphatic carbocycles. The van der Waals surface area contributed by atoms with Crippen LogP contribution in [0.5, 0.6) is 0 Å². The van der Waals surface area contributed by atoms with Gasteiger partial charge in [-0.05, 0) is 56.4 Å². The minimum absolute atomic E-state index is 0.792. The topological polar surface area (TPSA) is 12.0 Å². The predicted molar refractivity (Wildman–Crippen MR) is 77.3 cm³/mol. The first-order valence-corrected chi connectivity index (χ1v) is 7.90. The van der Waals surface area contributed by atoms with Gasteiger partial charge in [-0.2, -0.15) is 0 Å². The van der Waals surface area contributed by atoms with Gasteiger partial charge in [0, 0.05) is 6.04 Å². The fourth-order valence-corrected chi connectivity index (χ4v) is 3.60. The van der Waals surface area contributed by atoms with Crippen LogP contribution in [0.1, 0.15) is 72.6 Å². The van der Waals surface area contributed by atoms with E-state index in [9.17, 15) is 0 Å². The Morgan fingerprint density at radius 1 is 1.00 bits per heavy atom. The van der Waals surface area contributed by atoms with E-state index in [1.54, 1.807) is 0 Å². The van der Waals surface area contributed by atoms with Crippen LogP contribution in [-0.4, -0.2) is 12.6 Å². The summed E-state index contributed by atoms with van der Waals surface area (Å²) in [5.74, 6) is 2.82. The monoisotopic (exact) mass is 239 g/mol. The lowest BCUT2D eigenvalue weighted by Gasteiger charge is -2.37. The summed E-state index contributed by atoms with van der Waals surface area (Å²) in [5.41, 5.74) is 0. The summed E-state index contributed by atoms with van der Waals surface area (Å²) in [5, 5.41) is 3.82. The SMILES string of the molecule is CCCCC(NCCC)C1CC(C)CC(C)C1. The molecular weight excluding hydrogens is 206 g/mol. The molecule has 102 valence electrons. The average molecular weight is 239 g/mol. The Hall–Kier alpha value is -0.0400. The summed E-state index contributed by atoms with van der Waals surface area (Å²) in [4.78, 5) is 0. The number of nitrogens with one attached hydrogen (secondary N) is 1. The fraction of sp³-hybridized carbons (Fsp3) is 1.00. The first kappa shape index (κ1) is 15.0. The second kappa shape index (κ2) is 8.13. The first-order chi connectivity index (χ1) is 8.17. The summed E-state index contributed by atoms with van der Waals surface area (Å²) in [7, 11) is 0. The van der Waals surface area contributed by atoms with E-state index in [4.69, 9.17) is 0 Å². The first-order valence-electron chi connectivity index (χ1n) is 7.90. The second-order valence-electron chi connectivity index (χ2n) is 6.38. The van der Waals surface area contributed by atoms with Crippen molar-refractivity contribution in [1.82, 2.24) is 5.32 Å². The number of hydrogen-bond donors (Lipinski definition) is 1. The van der Waals surface area contributed by atoms with E-state index in [0.717, 1.165) is 23.8 Å². The van der Waals surface area contributed by atoms with E-state index < -0.39 is 0 Å². The molecule has 0 aromatic rings. The Bertz CT molecular complexity index is 172. The van der Waals surface area contributed by atoms with Gasteiger partial charge in [-0.25, -0.2) is 0 Å². The van der Waals surface area contributed by atoms with E-state index in [0.29, 0.717) is 0 Å². The van der Waals surface area contributed by atoms with Crippen LogP contribution in [0.15, 0.2) is 0 Å². The molecule has 0 aliphatic heterocycles. The van der Waals surface area contributed by atoms with Gasteiger partial charge in [-0.15, -0.1) is 0 Å².